The number of nitrogens with zero attached hydrogens (tertiary/aromatic N) is 5. The summed E-state index contributed by atoms with van der Waals surface area (Å²) in [5, 5.41) is 9.30. The third kappa shape index (κ3) is 3.24. The van der Waals surface area contributed by atoms with Crippen LogP contribution in [-0.2, 0) is 0 Å². The summed E-state index contributed by atoms with van der Waals surface area (Å²) >= 11 is 3.34. The molecule has 8 heteroatoms. The van der Waals surface area contributed by atoms with Gasteiger partial charge >= 0.3 is 0 Å². The zero-order chi connectivity index (χ0) is 17.4. The van der Waals surface area contributed by atoms with E-state index in [0.29, 0.717) is 55.1 Å². The van der Waals surface area contributed by atoms with Crippen molar-refractivity contribution in [3.8, 4) is 6.07 Å². The summed E-state index contributed by atoms with van der Waals surface area (Å²) in [6.45, 7) is 2.35. The Morgan fingerprint density at radius 3 is 2.68 bits per heavy atom. The van der Waals surface area contributed by atoms with E-state index in [4.69, 9.17) is 4.42 Å². The van der Waals surface area contributed by atoms with Gasteiger partial charge in [-0.3, -0.25) is 9.78 Å². The molecule has 1 amide bonds. The molecule has 0 unspecified atom stereocenters. The normalized spacial score (nSPS) is 17.4. The number of hydrogen-bond acceptors (Lipinski definition) is 6. The number of carbonyl (C=O) groups excluding carboxylic acids is 1. The Labute approximate surface area is 153 Å². The number of hydrogen-bond donors (Lipinski definition) is 0. The van der Waals surface area contributed by atoms with Crippen LogP contribution in [0.3, 0.4) is 0 Å². The van der Waals surface area contributed by atoms with Crippen molar-refractivity contribution in [2.75, 3.05) is 31.1 Å². The van der Waals surface area contributed by atoms with E-state index in [9.17, 15) is 10.1 Å². The van der Waals surface area contributed by atoms with Crippen LogP contribution in [0.25, 0.3) is 0 Å². The molecule has 1 saturated carbocycles. The highest BCUT2D eigenvalue weighted by atomic mass is 79.9. The number of aromatic nitrogens is 2. The molecule has 25 heavy (non-hydrogen) atoms. The first kappa shape index (κ1) is 16.1. The van der Waals surface area contributed by atoms with E-state index in [2.05, 4.69) is 32.0 Å². The summed E-state index contributed by atoms with van der Waals surface area (Å²) in [6.07, 6.45) is 5.38. The van der Waals surface area contributed by atoms with E-state index in [1.165, 1.54) is 0 Å². The smallest absolute Gasteiger partial charge is 0.255 e. The summed E-state index contributed by atoms with van der Waals surface area (Å²) in [6, 6.07) is 3.89. The predicted molar refractivity (Wildman–Crippen MR) is 93.2 cm³/mol. The molecular weight excluding hydrogens is 386 g/mol. The van der Waals surface area contributed by atoms with Gasteiger partial charge < -0.3 is 14.2 Å². The first-order valence-electron chi connectivity index (χ1n) is 8.21. The minimum Gasteiger partial charge on any atom is -0.423 e. The number of piperazine rings is 1. The molecule has 128 valence electrons. The van der Waals surface area contributed by atoms with Crippen molar-refractivity contribution >= 4 is 27.7 Å². The van der Waals surface area contributed by atoms with Crippen LogP contribution in [-0.4, -0.2) is 47.0 Å². The molecule has 3 heterocycles. The maximum atomic E-state index is 12.6. The molecular formula is C17H16BrN5O2. The zero-order valence-corrected chi connectivity index (χ0v) is 15.1. The van der Waals surface area contributed by atoms with Gasteiger partial charge in [0.2, 0.25) is 17.5 Å². The van der Waals surface area contributed by atoms with E-state index in [1.54, 1.807) is 23.4 Å². The number of anilines is 1. The highest BCUT2D eigenvalue weighted by molar-refractivity contribution is 9.10. The number of rotatable bonds is 3. The molecule has 2 fully saturated rings. The molecule has 2 aromatic heterocycles. The lowest BCUT2D eigenvalue weighted by Gasteiger charge is -2.34. The minimum absolute atomic E-state index is 0.0369. The molecule has 0 bridgehead atoms. The van der Waals surface area contributed by atoms with Gasteiger partial charge in [-0.05, 0) is 34.8 Å². The molecule has 0 radical (unpaired) electrons. The largest absolute Gasteiger partial charge is 0.423 e. The minimum atomic E-state index is -0.0369. The average Bonchev–Trinajstić information content (AvgIpc) is 3.40. The van der Waals surface area contributed by atoms with Gasteiger partial charge in [0.25, 0.3) is 5.91 Å². The lowest BCUT2D eigenvalue weighted by atomic mass is 10.2. The highest BCUT2D eigenvalue weighted by Gasteiger charge is 2.33. The Kier molecular flexibility index (Phi) is 4.17. The number of nitriles is 1. The highest BCUT2D eigenvalue weighted by Crippen LogP contribution is 2.41. The molecule has 1 aliphatic carbocycles. The number of halogens is 1. The van der Waals surface area contributed by atoms with E-state index in [-0.39, 0.29) is 5.91 Å². The van der Waals surface area contributed by atoms with Gasteiger partial charge in [0.15, 0.2) is 0 Å². The second-order valence-electron chi connectivity index (χ2n) is 6.26. The van der Waals surface area contributed by atoms with Crippen LogP contribution in [0, 0.1) is 11.3 Å². The quantitative estimate of drug-likeness (QED) is 0.785. The fraction of sp³-hybridized carbons (Fsp3) is 0.412. The Hall–Kier alpha value is -2.40. The van der Waals surface area contributed by atoms with E-state index in [0.717, 1.165) is 17.3 Å². The number of carbonyl (C=O) groups is 1. The lowest BCUT2D eigenvalue weighted by molar-refractivity contribution is 0.0744. The van der Waals surface area contributed by atoms with Crippen LogP contribution >= 0.6 is 15.9 Å². The molecule has 0 N–H and O–H groups in total. The third-order valence-corrected chi connectivity index (χ3v) is 4.90. The van der Waals surface area contributed by atoms with Crippen LogP contribution < -0.4 is 4.90 Å². The summed E-state index contributed by atoms with van der Waals surface area (Å²) in [7, 11) is 0. The lowest BCUT2D eigenvalue weighted by Crippen LogP contribution is -2.49. The third-order valence-electron chi connectivity index (χ3n) is 4.46. The molecule has 1 saturated heterocycles. The summed E-state index contributed by atoms with van der Waals surface area (Å²) in [5.74, 6) is 1.55. The van der Waals surface area contributed by atoms with Crippen LogP contribution in [0.4, 0.5) is 5.88 Å². The maximum Gasteiger partial charge on any atom is 0.255 e. The first-order valence-corrected chi connectivity index (χ1v) is 9.00. The molecule has 4 rings (SSSR count). The standard InChI is InChI=1S/C17H16BrN5O2/c18-13-7-12(9-20-10-13)16(24)22-3-5-23(6-4-22)17-14(8-19)21-15(25-17)11-1-2-11/h7,9-11H,1-6H2. The van der Waals surface area contributed by atoms with Crippen LogP contribution in [0.2, 0.25) is 0 Å². The zero-order valence-electron chi connectivity index (χ0n) is 13.5. The predicted octanol–water partition coefficient (Wildman–Crippen LogP) is 2.54. The Morgan fingerprint density at radius 2 is 2.04 bits per heavy atom. The van der Waals surface area contributed by atoms with Crippen molar-refractivity contribution < 1.29 is 9.21 Å². The number of amides is 1. The van der Waals surface area contributed by atoms with Gasteiger partial charge in [-0.1, -0.05) is 0 Å². The Balaban J connectivity index is 1.45. The van der Waals surface area contributed by atoms with Gasteiger partial charge in [-0.2, -0.15) is 5.26 Å². The maximum absolute atomic E-state index is 12.6. The van der Waals surface area contributed by atoms with Gasteiger partial charge in [0.1, 0.15) is 6.07 Å². The molecule has 2 aliphatic rings. The number of pyridine rings is 1. The van der Waals surface area contributed by atoms with E-state index < -0.39 is 0 Å². The van der Waals surface area contributed by atoms with Crippen molar-refractivity contribution in [3.05, 3.63) is 40.1 Å². The van der Waals surface area contributed by atoms with Crippen molar-refractivity contribution in [2.45, 2.75) is 18.8 Å². The van der Waals surface area contributed by atoms with Crippen molar-refractivity contribution in [3.63, 3.8) is 0 Å². The van der Waals surface area contributed by atoms with E-state index >= 15 is 0 Å². The molecule has 0 aromatic carbocycles. The van der Waals surface area contributed by atoms with Gasteiger partial charge in [-0.15, -0.1) is 0 Å². The molecule has 2 aromatic rings. The first-order chi connectivity index (χ1) is 12.2. The molecule has 0 atom stereocenters. The second-order valence-corrected chi connectivity index (χ2v) is 7.18. The number of oxazole rings is 1. The topological polar surface area (TPSA) is 86.3 Å². The van der Waals surface area contributed by atoms with Crippen LogP contribution in [0.1, 0.15) is 40.7 Å². The van der Waals surface area contributed by atoms with Crippen molar-refractivity contribution in [1.82, 2.24) is 14.9 Å². The molecule has 1 aliphatic heterocycles. The Morgan fingerprint density at radius 1 is 1.28 bits per heavy atom. The summed E-state index contributed by atoms with van der Waals surface area (Å²) < 4.78 is 6.62. The van der Waals surface area contributed by atoms with Gasteiger partial charge in [0.05, 0.1) is 5.56 Å². The van der Waals surface area contributed by atoms with Crippen LogP contribution in [0.15, 0.2) is 27.3 Å². The fourth-order valence-electron chi connectivity index (χ4n) is 2.94. The van der Waals surface area contributed by atoms with Crippen LogP contribution in [0.5, 0.6) is 0 Å². The summed E-state index contributed by atoms with van der Waals surface area (Å²) in [4.78, 5) is 24.7. The van der Waals surface area contributed by atoms with Gasteiger partial charge in [0, 0.05) is 49.0 Å². The van der Waals surface area contributed by atoms with Crippen molar-refractivity contribution in [1.29, 1.82) is 5.26 Å². The fourth-order valence-corrected chi connectivity index (χ4v) is 3.31. The SMILES string of the molecule is N#Cc1nc(C2CC2)oc1N1CCN(C(=O)c2cncc(Br)c2)CC1. The Bertz CT molecular complexity index is 847. The summed E-state index contributed by atoms with van der Waals surface area (Å²) in [5.41, 5.74) is 0.911. The monoisotopic (exact) mass is 401 g/mol. The van der Waals surface area contributed by atoms with Gasteiger partial charge in [-0.25, -0.2) is 4.98 Å². The average molecular weight is 402 g/mol. The second kappa shape index (κ2) is 6.48. The van der Waals surface area contributed by atoms with Crippen molar-refractivity contribution in [2.24, 2.45) is 0 Å². The molecule has 7 nitrogen and oxygen atoms in total. The van der Waals surface area contributed by atoms with E-state index in [1.807, 2.05) is 4.90 Å². The molecule has 0 spiro atoms.